The molecule has 0 radical (unpaired) electrons. The van der Waals surface area contributed by atoms with E-state index >= 15 is 0 Å². The van der Waals surface area contributed by atoms with E-state index in [1.807, 2.05) is 0 Å². The summed E-state index contributed by atoms with van der Waals surface area (Å²) < 4.78 is 3.70. The lowest BCUT2D eigenvalue weighted by Crippen LogP contribution is -1.55. The zero-order chi connectivity index (χ0) is 4.83. The minimum atomic E-state index is 0.580. The van der Waals surface area contributed by atoms with Gasteiger partial charge < -0.3 is 5.50 Å². The lowest BCUT2D eigenvalue weighted by Gasteiger charge is -1.83. The first-order valence-corrected chi connectivity index (χ1v) is 6.71. The van der Waals surface area contributed by atoms with E-state index in [1.54, 1.807) is 0 Å². The summed E-state index contributed by atoms with van der Waals surface area (Å²) in [6, 6.07) is 0. The molecule has 0 aliphatic heterocycles. The Hall–Kier alpha value is 1.35. The Bertz CT molecular complexity index is 34.5. The van der Waals surface area contributed by atoms with Crippen LogP contribution in [0.2, 0.25) is 0 Å². The predicted octanol–water partition coefficient (Wildman–Crippen LogP) is 1.97. The lowest BCUT2D eigenvalue weighted by atomic mass is 13.9. The maximum atomic E-state index is 5.18. The quantitative estimate of drug-likeness (QED) is 0.494. The van der Waals surface area contributed by atoms with Crippen molar-refractivity contribution in [2.75, 3.05) is 0 Å². The SMILES string of the molecule is NPPPN=P. The zero-order valence-electron chi connectivity index (χ0n) is 3.02. The summed E-state index contributed by atoms with van der Waals surface area (Å²) in [5.41, 5.74) is 5.18. The van der Waals surface area contributed by atoms with Crippen LogP contribution in [-0.2, 0) is 0 Å². The van der Waals surface area contributed by atoms with Gasteiger partial charge in [-0.1, -0.05) is 0 Å². The van der Waals surface area contributed by atoms with Crippen molar-refractivity contribution in [3.63, 3.8) is 0 Å². The number of hydrogen-bond acceptors (Lipinski definition) is 2. The summed E-state index contributed by atoms with van der Waals surface area (Å²) >= 11 is 0. The van der Waals surface area contributed by atoms with Gasteiger partial charge >= 0.3 is 0 Å². The molecule has 0 saturated heterocycles. The van der Waals surface area contributed by atoms with Gasteiger partial charge in [-0.2, -0.15) is 0 Å². The highest BCUT2D eigenvalue weighted by atomic mass is 32.4. The molecule has 0 aromatic heterocycles. The van der Waals surface area contributed by atoms with Crippen molar-refractivity contribution in [2.24, 2.45) is 10.0 Å². The predicted molar refractivity (Wildman–Crippen MR) is 39.9 cm³/mol. The van der Waals surface area contributed by atoms with Crippen LogP contribution in [0.15, 0.2) is 4.52 Å². The minimum Gasteiger partial charge on any atom is -0.309 e. The third-order valence-corrected chi connectivity index (χ3v) is 4.97. The van der Waals surface area contributed by atoms with E-state index in [0.29, 0.717) is 16.8 Å². The normalized spacial score (nSPS) is 14.2. The van der Waals surface area contributed by atoms with Crippen LogP contribution >= 0.6 is 33.8 Å². The van der Waals surface area contributed by atoms with Crippen LogP contribution in [0.5, 0.6) is 0 Å². The fraction of sp³-hybridized carbons (Fsp3) is 0. The van der Waals surface area contributed by atoms with Gasteiger partial charge in [0.2, 0.25) is 0 Å². The van der Waals surface area contributed by atoms with Crippen LogP contribution in [-0.4, -0.2) is 0 Å². The summed E-state index contributed by atoms with van der Waals surface area (Å²) in [5, 5.41) is 0. The average molecular weight is 158 g/mol. The average Bonchev–Trinajstić information content (AvgIpc) is 1.61. The molecule has 0 aliphatic rings. The largest absolute Gasteiger partial charge is 0.309 e. The van der Waals surface area contributed by atoms with E-state index < -0.39 is 0 Å². The van der Waals surface area contributed by atoms with Crippen LogP contribution in [0.3, 0.4) is 0 Å². The fourth-order valence-electron chi connectivity index (χ4n) is 0.0602. The third kappa shape index (κ3) is 5.35. The highest BCUT2D eigenvalue weighted by Gasteiger charge is 1.71. The molecule has 6 heavy (non-hydrogen) atoms. The molecule has 0 fully saturated rings. The second-order valence-electron chi connectivity index (χ2n) is 0.493. The van der Waals surface area contributed by atoms with E-state index in [9.17, 15) is 0 Å². The van der Waals surface area contributed by atoms with Crippen LogP contribution in [0.4, 0.5) is 0 Å². The van der Waals surface area contributed by atoms with Crippen molar-refractivity contribution in [1.29, 1.82) is 0 Å². The van der Waals surface area contributed by atoms with Crippen molar-refractivity contribution in [3.05, 3.63) is 0 Å². The highest BCUT2D eigenvalue weighted by Crippen LogP contribution is 2.49. The van der Waals surface area contributed by atoms with Gasteiger partial charge in [0.15, 0.2) is 0 Å². The maximum absolute atomic E-state index is 5.18. The molecule has 36 valence electrons. The zero-order valence-corrected chi connectivity index (χ0v) is 7.02. The number of rotatable bonds is 3. The van der Waals surface area contributed by atoms with Crippen molar-refractivity contribution < 1.29 is 0 Å². The Morgan fingerprint density at radius 3 is 2.50 bits per heavy atom. The van der Waals surface area contributed by atoms with Crippen LogP contribution in [0.1, 0.15) is 0 Å². The van der Waals surface area contributed by atoms with Gasteiger partial charge in [-0.3, -0.25) is 0 Å². The Labute approximate surface area is 44.6 Å². The highest BCUT2D eigenvalue weighted by molar-refractivity contribution is 8.42. The first-order chi connectivity index (χ1) is 2.91. The lowest BCUT2D eigenvalue weighted by molar-refractivity contribution is 2.05. The van der Waals surface area contributed by atoms with Gasteiger partial charge in [0.05, 0.1) is 0 Å². The molecule has 6 heteroatoms. The van der Waals surface area contributed by atoms with Crippen molar-refractivity contribution in [3.8, 4) is 0 Å². The molecule has 0 bridgehead atoms. The Balaban J connectivity index is 2.49. The second kappa shape index (κ2) is 6.35. The minimum absolute atomic E-state index is 0.580. The smallest absolute Gasteiger partial charge is 0.0325 e. The molecule has 0 rings (SSSR count). The van der Waals surface area contributed by atoms with Crippen molar-refractivity contribution in [2.45, 2.75) is 0 Å². The number of nitrogens with zero attached hydrogens (tertiary/aromatic N) is 1. The van der Waals surface area contributed by atoms with E-state index in [4.69, 9.17) is 5.50 Å². The summed E-state index contributed by atoms with van der Waals surface area (Å²) in [6.45, 7) is 0. The van der Waals surface area contributed by atoms with E-state index in [1.165, 1.54) is 0 Å². The van der Waals surface area contributed by atoms with Gasteiger partial charge in [0.25, 0.3) is 0 Å². The molecule has 3 unspecified atom stereocenters. The van der Waals surface area contributed by atoms with Gasteiger partial charge in [0, 0.05) is 8.42 Å². The van der Waals surface area contributed by atoms with Gasteiger partial charge in [0.1, 0.15) is 0 Å². The molecule has 0 saturated carbocycles. The first kappa shape index (κ1) is 7.35. The molecular weight excluding hydrogens is 152 g/mol. The first-order valence-electron chi connectivity index (χ1n) is 1.24. The van der Waals surface area contributed by atoms with Gasteiger partial charge in [-0.05, 0) is 25.4 Å². The van der Waals surface area contributed by atoms with Crippen LogP contribution < -0.4 is 5.50 Å². The third-order valence-electron chi connectivity index (χ3n) is 0.184. The van der Waals surface area contributed by atoms with E-state index in [0.717, 1.165) is 7.96 Å². The molecule has 0 aromatic rings. The van der Waals surface area contributed by atoms with E-state index in [-0.39, 0.29) is 0 Å². The molecule has 0 spiro atoms. The van der Waals surface area contributed by atoms with Crippen LogP contribution in [0.25, 0.3) is 0 Å². The molecule has 3 atom stereocenters. The summed E-state index contributed by atoms with van der Waals surface area (Å²) in [5.74, 6) is 0. The molecule has 2 N–H and O–H groups in total. The Morgan fingerprint density at radius 1 is 1.67 bits per heavy atom. The summed E-state index contributed by atoms with van der Waals surface area (Å²) in [7, 11) is 5.07. The maximum Gasteiger partial charge on any atom is 0.0325 e. The second-order valence-corrected chi connectivity index (χ2v) is 6.69. The van der Waals surface area contributed by atoms with Crippen LogP contribution in [0, 0.1) is 0 Å². The summed E-state index contributed by atoms with van der Waals surface area (Å²) in [6.07, 6.45) is 0. The van der Waals surface area contributed by atoms with Crippen molar-refractivity contribution >= 4 is 33.8 Å². The molecule has 0 heterocycles. The summed E-state index contributed by atoms with van der Waals surface area (Å²) in [4.78, 5) is 0. The molecule has 2 nitrogen and oxygen atoms in total. The molecule has 0 amide bonds. The Morgan fingerprint density at radius 2 is 2.33 bits per heavy atom. The molecule has 0 aliphatic carbocycles. The standard InChI is InChI=1S/H6N2P4/c1-4-6-5-2-3/h3-6H,1H2. The number of hydrogen-bond donors (Lipinski definition) is 1. The van der Waals surface area contributed by atoms with Gasteiger partial charge in [-0.15, -0.1) is 0 Å². The number of nitrogens with two attached hydrogens (primary N) is 1. The van der Waals surface area contributed by atoms with Gasteiger partial charge in [-0.25, -0.2) is 4.52 Å². The molecule has 0 aromatic carbocycles. The fourth-order valence-corrected chi connectivity index (χ4v) is 3.14. The van der Waals surface area contributed by atoms with Crippen molar-refractivity contribution in [1.82, 2.24) is 0 Å². The molecular formula is H6N2P4. The van der Waals surface area contributed by atoms with E-state index in [2.05, 4.69) is 13.5 Å². The monoisotopic (exact) mass is 158 g/mol. The topological polar surface area (TPSA) is 38.4 Å². The Kier molecular flexibility index (Phi) is 7.78.